The summed E-state index contributed by atoms with van der Waals surface area (Å²) in [5.41, 5.74) is 3.61. The van der Waals surface area contributed by atoms with Crippen LogP contribution in [-0.2, 0) is 0 Å². The second-order valence-corrected chi connectivity index (χ2v) is 5.33. The number of nitrogens with zero attached hydrogens (tertiary/aromatic N) is 2. The topological polar surface area (TPSA) is 72.3 Å². The fourth-order valence-corrected chi connectivity index (χ4v) is 2.73. The van der Waals surface area contributed by atoms with Crippen LogP contribution in [0.2, 0.25) is 0 Å². The molecule has 1 aromatic carbocycles. The molecule has 0 saturated carbocycles. The molecule has 0 bridgehead atoms. The Morgan fingerprint density at radius 1 is 1.13 bits per heavy atom. The Balaban J connectivity index is 2.25. The molecule has 23 heavy (non-hydrogen) atoms. The summed E-state index contributed by atoms with van der Waals surface area (Å²) in [7, 11) is 1.56. The van der Waals surface area contributed by atoms with Gasteiger partial charge in [-0.3, -0.25) is 4.98 Å². The molecule has 116 valence electrons. The molecule has 0 aliphatic carbocycles. The third-order valence-corrected chi connectivity index (χ3v) is 3.77. The quantitative estimate of drug-likeness (QED) is 0.800. The van der Waals surface area contributed by atoms with Crippen LogP contribution in [0.4, 0.5) is 0 Å². The number of ether oxygens (including phenoxy) is 1. The molecule has 5 heteroatoms. The summed E-state index contributed by atoms with van der Waals surface area (Å²) in [5, 5.41) is 10.2. The van der Waals surface area contributed by atoms with E-state index in [1.165, 1.54) is 0 Å². The molecule has 3 aromatic rings. The third-order valence-electron chi connectivity index (χ3n) is 3.77. The maximum atomic E-state index is 11.3. The molecule has 0 aliphatic rings. The number of rotatable bonds is 3. The average molecular weight is 308 g/mol. The number of aromatic carboxylic acids is 1. The Morgan fingerprint density at radius 2 is 1.87 bits per heavy atom. The molecule has 2 heterocycles. The Kier molecular flexibility index (Phi) is 3.70. The summed E-state index contributed by atoms with van der Waals surface area (Å²) in [6, 6.07) is 11.5. The van der Waals surface area contributed by atoms with E-state index in [0.29, 0.717) is 22.8 Å². The summed E-state index contributed by atoms with van der Waals surface area (Å²) >= 11 is 0. The zero-order valence-corrected chi connectivity index (χ0v) is 13.1. The van der Waals surface area contributed by atoms with Gasteiger partial charge >= 0.3 is 5.97 Å². The van der Waals surface area contributed by atoms with Gasteiger partial charge in [0.25, 0.3) is 0 Å². The molecule has 0 unspecified atom stereocenters. The van der Waals surface area contributed by atoms with Crippen molar-refractivity contribution in [3.8, 4) is 17.1 Å². The number of carbonyl (C=O) groups is 1. The van der Waals surface area contributed by atoms with Gasteiger partial charge in [0.05, 0.1) is 35.1 Å². The van der Waals surface area contributed by atoms with Crippen molar-refractivity contribution in [2.75, 3.05) is 7.11 Å². The molecule has 0 amide bonds. The van der Waals surface area contributed by atoms with Gasteiger partial charge in [-0.15, -0.1) is 0 Å². The lowest BCUT2D eigenvalue weighted by Crippen LogP contribution is -2.06. The van der Waals surface area contributed by atoms with Crippen molar-refractivity contribution in [3.05, 3.63) is 53.2 Å². The van der Waals surface area contributed by atoms with Crippen LogP contribution in [0.25, 0.3) is 22.2 Å². The van der Waals surface area contributed by atoms with E-state index >= 15 is 0 Å². The lowest BCUT2D eigenvalue weighted by Gasteiger charge is -2.12. The van der Waals surface area contributed by atoms with E-state index in [-0.39, 0.29) is 5.56 Å². The number of fused-ring (bicyclic) bond motifs is 1. The number of para-hydroxylation sites is 1. The summed E-state index contributed by atoms with van der Waals surface area (Å²) in [5.74, 6) is -0.499. The Morgan fingerprint density at radius 3 is 2.52 bits per heavy atom. The first-order chi connectivity index (χ1) is 11.0. The standard InChI is InChI=1S/C18H16N2O3/c1-10-8-15(19-11(2)16(10)18(21)22)13-9-12-6-4-5-7-14(12)20-17(13)23-3/h4-9H,1-3H3,(H,21,22). The van der Waals surface area contributed by atoms with Crippen molar-refractivity contribution in [2.24, 2.45) is 0 Å². The number of pyridine rings is 2. The molecule has 0 spiro atoms. The Labute approximate surface area is 133 Å². The molecule has 3 rings (SSSR count). The van der Waals surface area contributed by atoms with E-state index in [0.717, 1.165) is 16.5 Å². The van der Waals surface area contributed by atoms with Crippen molar-refractivity contribution in [2.45, 2.75) is 13.8 Å². The van der Waals surface area contributed by atoms with Gasteiger partial charge in [0, 0.05) is 5.39 Å². The van der Waals surface area contributed by atoms with Crippen molar-refractivity contribution in [3.63, 3.8) is 0 Å². The summed E-state index contributed by atoms with van der Waals surface area (Å²) in [4.78, 5) is 20.3. The Hall–Kier alpha value is -2.95. The molecule has 2 aromatic heterocycles. The highest BCUT2D eigenvalue weighted by Gasteiger charge is 2.17. The van der Waals surface area contributed by atoms with Gasteiger partial charge < -0.3 is 9.84 Å². The van der Waals surface area contributed by atoms with Gasteiger partial charge in [-0.25, -0.2) is 9.78 Å². The molecule has 1 N–H and O–H groups in total. The van der Waals surface area contributed by atoms with E-state index in [1.807, 2.05) is 30.3 Å². The van der Waals surface area contributed by atoms with Crippen LogP contribution < -0.4 is 4.74 Å². The largest absolute Gasteiger partial charge is 0.480 e. The zero-order valence-electron chi connectivity index (χ0n) is 13.1. The van der Waals surface area contributed by atoms with Crippen LogP contribution in [0.5, 0.6) is 5.88 Å². The fourth-order valence-electron chi connectivity index (χ4n) is 2.73. The predicted molar refractivity (Wildman–Crippen MR) is 88.0 cm³/mol. The lowest BCUT2D eigenvalue weighted by atomic mass is 10.0. The molecule has 0 radical (unpaired) electrons. The van der Waals surface area contributed by atoms with Crippen molar-refractivity contribution >= 4 is 16.9 Å². The smallest absolute Gasteiger partial charge is 0.337 e. The SMILES string of the molecule is COc1nc2ccccc2cc1-c1cc(C)c(C(=O)O)c(C)n1. The molecule has 0 fully saturated rings. The molecule has 0 atom stereocenters. The number of hydrogen-bond acceptors (Lipinski definition) is 4. The summed E-state index contributed by atoms with van der Waals surface area (Å²) in [6.45, 7) is 3.46. The third kappa shape index (κ3) is 2.61. The minimum Gasteiger partial charge on any atom is -0.480 e. The van der Waals surface area contributed by atoms with E-state index < -0.39 is 5.97 Å². The van der Waals surface area contributed by atoms with Crippen LogP contribution >= 0.6 is 0 Å². The van der Waals surface area contributed by atoms with Gasteiger partial charge in [0.1, 0.15) is 0 Å². The number of benzene rings is 1. The summed E-state index contributed by atoms with van der Waals surface area (Å²) in [6.07, 6.45) is 0. The molecular weight excluding hydrogens is 292 g/mol. The monoisotopic (exact) mass is 308 g/mol. The predicted octanol–water partition coefficient (Wildman–Crippen LogP) is 3.62. The second-order valence-electron chi connectivity index (χ2n) is 5.33. The number of aryl methyl sites for hydroxylation is 2. The highest BCUT2D eigenvalue weighted by atomic mass is 16.5. The Bertz CT molecular complexity index is 896. The molecule has 0 saturated heterocycles. The number of methoxy groups -OCH3 is 1. The van der Waals surface area contributed by atoms with Crippen molar-refractivity contribution in [1.82, 2.24) is 9.97 Å². The maximum Gasteiger partial charge on any atom is 0.337 e. The minimum absolute atomic E-state index is 0.237. The van der Waals surface area contributed by atoms with Gasteiger partial charge in [0.15, 0.2) is 0 Å². The van der Waals surface area contributed by atoms with Gasteiger partial charge in [-0.2, -0.15) is 0 Å². The molecule has 5 nitrogen and oxygen atoms in total. The van der Waals surface area contributed by atoms with Gasteiger partial charge in [0.2, 0.25) is 5.88 Å². The van der Waals surface area contributed by atoms with Gasteiger partial charge in [-0.1, -0.05) is 18.2 Å². The van der Waals surface area contributed by atoms with Crippen LogP contribution in [0.1, 0.15) is 21.6 Å². The zero-order chi connectivity index (χ0) is 16.6. The van der Waals surface area contributed by atoms with Gasteiger partial charge in [-0.05, 0) is 37.6 Å². The van der Waals surface area contributed by atoms with E-state index in [1.54, 1.807) is 27.0 Å². The van der Waals surface area contributed by atoms with E-state index in [4.69, 9.17) is 4.74 Å². The second kappa shape index (κ2) is 5.68. The van der Waals surface area contributed by atoms with Crippen LogP contribution in [0, 0.1) is 13.8 Å². The number of hydrogen-bond donors (Lipinski definition) is 1. The molecule has 0 aliphatic heterocycles. The lowest BCUT2D eigenvalue weighted by molar-refractivity contribution is 0.0695. The average Bonchev–Trinajstić information content (AvgIpc) is 2.52. The first-order valence-electron chi connectivity index (χ1n) is 7.17. The van der Waals surface area contributed by atoms with Crippen LogP contribution in [-0.4, -0.2) is 28.2 Å². The highest BCUT2D eigenvalue weighted by Crippen LogP contribution is 2.31. The highest BCUT2D eigenvalue weighted by molar-refractivity contribution is 5.92. The van der Waals surface area contributed by atoms with E-state index in [9.17, 15) is 9.90 Å². The minimum atomic E-state index is -0.970. The normalized spacial score (nSPS) is 10.7. The van der Waals surface area contributed by atoms with Crippen LogP contribution in [0.3, 0.4) is 0 Å². The van der Waals surface area contributed by atoms with Crippen molar-refractivity contribution in [1.29, 1.82) is 0 Å². The fraction of sp³-hybridized carbons (Fsp3) is 0.167. The maximum absolute atomic E-state index is 11.3. The first kappa shape index (κ1) is 15.0. The van der Waals surface area contributed by atoms with Crippen molar-refractivity contribution < 1.29 is 14.6 Å². The number of carboxylic acid groups (broad SMARTS) is 1. The van der Waals surface area contributed by atoms with Crippen LogP contribution in [0.15, 0.2) is 36.4 Å². The summed E-state index contributed by atoms with van der Waals surface area (Å²) < 4.78 is 5.40. The van der Waals surface area contributed by atoms with E-state index in [2.05, 4.69) is 9.97 Å². The first-order valence-corrected chi connectivity index (χ1v) is 7.17. The number of carboxylic acids is 1. The number of aromatic nitrogens is 2. The molecular formula is C18H16N2O3.